The quantitative estimate of drug-likeness (QED) is 0.166. The molecule has 1 fully saturated rings. The molecule has 0 bridgehead atoms. The molecule has 0 unspecified atom stereocenters. The van der Waals surface area contributed by atoms with E-state index in [1.165, 1.54) is 0 Å². The summed E-state index contributed by atoms with van der Waals surface area (Å²) in [6, 6.07) is 20.0. The van der Waals surface area contributed by atoms with Gasteiger partial charge in [0.25, 0.3) is 5.91 Å². The third-order valence-corrected chi connectivity index (χ3v) is 9.40. The summed E-state index contributed by atoms with van der Waals surface area (Å²) in [5, 5.41) is 6.37. The number of aryl methyl sites for hydroxylation is 2. The Morgan fingerprint density at radius 3 is 2.50 bits per heavy atom. The van der Waals surface area contributed by atoms with Gasteiger partial charge in [0.15, 0.2) is 5.76 Å². The minimum absolute atomic E-state index is 0.0992. The van der Waals surface area contributed by atoms with Crippen molar-refractivity contribution in [2.24, 2.45) is 0 Å². The Kier molecular flexibility index (Phi) is 8.23. The topological polar surface area (TPSA) is 85.3 Å². The van der Waals surface area contributed by atoms with Crippen molar-refractivity contribution in [1.29, 1.82) is 0 Å². The molecular formula is C36H37N5O4S. The van der Waals surface area contributed by atoms with Crippen molar-refractivity contribution in [1.82, 2.24) is 24.4 Å². The van der Waals surface area contributed by atoms with Crippen LogP contribution < -0.4 is 9.47 Å². The number of rotatable bonds is 9. The fraction of sp³-hybridized carbons (Fsp3) is 0.306. The summed E-state index contributed by atoms with van der Waals surface area (Å²) < 4.78 is 20.0. The fourth-order valence-electron chi connectivity index (χ4n) is 6.03. The predicted octanol–water partition coefficient (Wildman–Crippen LogP) is 7.24. The maximum atomic E-state index is 13.2. The molecular weight excluding hydrogens is 598 g/mol. The molecule has 4 heterocycles. The maximum Gasteiger partial charge on any atom is 0.253 e. The van der Waals surface area contributed by atoms with Crippen LogP contribution in [-0.2, 0) is 6.61 Å². The minimum Gasteiger partial charge on any atom is -0.497 e. The van der Waals surface area contributed by atoms with E-state index < -0.39 is 0 Å². The second-order valence-electron chi connectivity index (χ2n) is 11.8. The van der Waals surface area contributed by atoms with Crippen LogP contribution >= 0.6 is 11.3 Å². The van der Waals surface area contributed by atoms with Gasteiger partial charge in [-0.15, -0.1) is 0 Å². The van der Waals surface area contributed by atoms with Crippen LogP contribution in [0.1, 0.15) is 39.8 Å². The van der Waals surface area contributed by atoms with Crippen LogP contribution in [0.4, 0.5) is 0 Å². The Bertz CT molecular complexity index is 1990. The lowest BCUT2D eigenvalue weighted by Gasteiger charge is -2.34. The van der Waals surface area contributed by atoms with E-state index in [1.807, 2.05) is 67.4 Å². The summed E-state index contributed by atoms with van der Waals surface area (Å²) in [6.07, 6.45) is 3.02. The Morgan fingerprint density at radius 1 is 0.978 bits per heavy atom. The van der Waals surface area contributed by atoms with Crippen molar-refractivity contribution < 1.29 is 18.7 Å². The van der Waals surface area contributed by atoms with Crippen LogP contribution in [0.15, 0.2) is 71.3 Å². The molecule has 3 aromatic carbocycles. The Balaban J connectivity index is 1.08. The first-order valence-corrected chi connectivity index (χ1v) is 16.5. The van der Waals surface area contributed by atoms with Gasteiger partial charge in [0.2, 0.25) is 4.96 Å². The molecule has 0 N–H and O–H groups in total. The number of aromatic nitrogens is 3. The highest BCUT2D eigenvalue weighted by Gasteiger charge is 2.22. The molecule has 1 aliphatic heterocycles. The lowest BCUT2D eigenvalue weighted by Crippen LogP contribution is -2.48. The molecule has 0 radical (unpaired) electrons. The molecule has 0 saturated carbocycles. The number of hydrogen-bond acceptors (Lipinski definition) is 8. The van der Waals surface area contributed by atoms with E-state index in [0.717, 1.165) is 93.8 Å². The van der Waals surface area contributed by atoms with Crippen molar-refractivity contribution in [3.05, 3.63) is 88.6 Å². The third-order valence-electron chi connectivity index (χ3n) is 8.56. The SMILES string of the molecule is CCCN1CCN(C(=O)c2ccc(-c3ccc(C)c(OCc4cc(OC)cc5oc(-c6cn7nc(C)sc7n6)cc45)c3)cc2)CC1. The Hall–Kier alpha value is -4.67. The molecule has 0 atom stereocenters. The number of imidazole rings is 1. The van der Waals surface area contributed by atoms with Gasteiger partial charge in [-0.25, -0.2) is 9.50 Å². The molecule has 7 rings (SSSR count). The minimum atomic E-state index is 0.0992. The van der Waals surface area contributed by atoms with Crippen LogP contribution in [0.2, 0.25) is 0 Å². The van der Waals surface area contributed by atoms with Crippen molar-refractivity contribution in [2.45, 2.75) is 33.8 Å². The highest BCUT2D eigenvalue weighted by atomic mass is 32.1. The van der Waals surface area contributed by atoms with E-state index in [9.17, 15) is 4.79 Å². The molecule has 1 amide bonds. The first-order valence-electron chi connectivity index (χ1n) is 15.7. The zero-order valence-electron chi connectivity index (χ0n) is 26.6. The van der Waals surface area contributed by atoms with Gasteiger partial charge in [0.05, 0.1) is 13.3 Å². The second kappa shape index (κ2) is 12.6. The molecule has 1 aliphatic rings. The lowest BCUT2D eigenvalue weighted by atomic mass is 10.0. The fourth-order valence-corrected chi connectivity index (χ4v) is 6.76. The van der Waals surface area contributed by atoms with Gasteiger partial charge in [0.1, 0.15) is 34.4 Å². The molecule has 0 spiro atoms. The van der Waals surface area contributed by atoms with Gasteiger partial charge < -0.3 is 18.8 Å². The normalized spacial score (nSPS) is 14.0. The number of benzene rings is 3. The third kappa shape index (κ3) is 5.98. The monoisotopic (exact) mass is 635 g/mol. The highest BCUT2D eigenvalue weighted by Crippen LogP contribution is 2.35. The zero-order chi connectivity index (χ0) is 31.8. The summed E-state index contributed by atoms with van der Waals surface area (Å²) in [5.74, 6) is 2.25. The van der Waals surface area contributed by atoms with E-state index in [2.05, 4.69) is 35.1 Å². The number of ether oxygens (including phenoxy) is 2. The first-order chi connectivity index (χ1) is 22.4. The summed E-state index contributed by atoms with van der Waals surface area (Å²) in [7, 11) is 1.65. The summed E-state index contributed by atoms with van der Waals surface area (Å²) >= 11 is 1.54. The summed E-state index contributed by atoms with van der Waals surface area (Å²) in [5.41, 5.74) is 6.19. The lowest BCUT2D eigenvalue weighted by molar-refractivity contribution is 0.0637. The van der Waals surface area contributed by atoms with E-state index in [0.29, 0.717) is 23.7 Å². The Labute approximate surface area is 272 Å². The number of methoxy groups -OCH3 is 1. The number of piperazine rings is 1. The van der Waals surface area contributed by atoms with Crippen LogP contribution in [0.3, 0.4) is 0 Å². The molecule has 0 aliphatic carbocycles. The van der Waals surface area contributed by atoms with E-state index in [4.69, 9.17) is 18.9 Å². The van der Waals surface area contributed by atoms with Gasteiger partial charge in [-0.1, -0.05) is 42.5 Å². The smallest absolute Gasteiger partial charge is 0.253 e. The number of fused-ring (bicyclic) bond motifs is 2. The molecule has 236 valence electrons. The van der Waals surface area contributed by atoms with Gasteiger partial charge >= 0.3 is 0 Å². The van der Waals surface area contributed by atoms with Gasteiger partial charge in [-0.3, -0.25) is 9.69 Å². The number of nitrogens with zero attached hydrogens (tertiary/aromatic N) is 5. The van der Waals surface area contributed by atoms with Crippen molar-refractivity contribution in [3.63, 3.8) is 0 Å². The standard InChI is InChI=1S/C36H37N5O4S/c1-5-12-39-13-15-40(16-14-39)35(42)26-10-8-25(9-11-26)27-7-6-23(2)32(18-27)44-22-28-17-29(43-4)19-33-30(28)20-34(45-33)31-21-41-36(37-31)46-24(3)38-41/h6-11,17-21H,5,12-16,22H2,1-4H3. The zero-order valence-corrected chi connectivity index (χ0v) is 27.4. The predicted molar refractivity (Wildman–Crippen MR) is 181 cm³/mol. The van der Waals surface area contributed by atoms with Crippen molar-refractivity contribution in [2.75, 3.05) is 39.8 Å². The van der Waals surface area contributed by atoms with E-state index in [1.54, 1.807) is 23.0 Å². The van der Waals surface area contributed by atoms with Crippen LogP contribution in [0, 0.1) is 13.8 Å². The van der Waals surface area contributed by atoms with Crippen LogP contribution in [0.5, 0.6) is 11.5 Å². The average Bonchev–Trinajstić information content (AvgIpc) is 3.77. The number of amides is 1. The largest absolute Gasteiger partial charge is 0.497 e. The molecule has 9 nitrogen and oxygen atoms in total. The number of carbonyl (C=O) groups excluding carboxylic acids is 1. The van der Waals surface area contributed by atoms with Gasteiger partial charge in [-0.05, 0) is 73.8 Å². The van der Waals surface area contributed by atoms with Crippen LogP contribution in [0.25, 0.3) is 38.5 Å². The molecule has 6 aromatic rings. The van der Waals surface area contributed by atoms with Crippen molar-refractivity contribution >= 4 is 33.2 Å². The molecule has 46 heavy (non-hydrogen) atoms. The van der Waals surface area contributed by atoms with Crippen LogP contribution in [-0.4, -0.2) is 70.1 Å². The second-order valence-corrected chi connectivity index (χ2v) is 12.9. The van der Waals surface area contributed by atoms with Crippen molar-refractivity contribution in [3.8, 4) is 34.1 Å². The molecule has 1 saturated heterocycles. The van der Waals surface area contributed by atoms with E-state index >= 15 is 0 Å². The number of carbonyl (C=O) groups is 1. The molecule has 10 heteroatoms. The number of furan rings is 1. The summed E-state index contributed by atoms with van der Waals surface area (Å²) in [6.45, 7) is 11.0. The van der Waals surface area contributed by atoms with Gasteiger partial charge in [-0.2, -0.15) is 5.10 Å². The maximum absolute atomic E-state index is 13.2. The van der Waals surface area contributed by atoms with Gasteiger partial charge in [0, 0.05) is 48.8 Å². The summed E-state index contributed by atoms with van der Waals surface area (Å²) in [4.78, 5) is 23.1. The van der Waals surface area contributed by atoms with E-state index in [-0.39, 0.29) is 5.91 Å². The average molecular weight is 636 g/mol. The molecule has 3 aromatic heterocycles. The Morgan fingerprint density at radius 2 is 1.76 bits per heavy atom. The first kappa shape index (κ1) is 30.0. The number of hydrogen-bond donors (Lipinski definition) is 0. The highest BCUT2D eigenvalue weighted by molar-refractivity contribution is 7.16.